The van der Waals surface area contributed by atoms with Crippen LogP contribution in [0, 0.1) is 18.3 Å². The molecule has 0 aromatic carbocycles. The zero-order chi connectivity index (χ0) is 21.1. The Morgan fingerprint density at radius 2 is 1.86 bits per heavy atom. The fourth-order valence-corrected chi connectivity index (χ4v) is 5.21. The number of hydrogen-bond donors (Lipinski definition) is 0. The lowest BCUT2D eigenvalue weighted by Gasteiger charge is -2.28. The van der Waals surface area contributed by atoms with Crippen LogP contribution in [0.15, 0.2) is 9.70 Å². The minimum absolute atomic E-state index is 0.101. The number of carbonyl (C=O) groups is 1. The molecule has 0 N–H and O–H groups in total. The van der Waals surface area contributed by atoms with Crippen molar-refractivity contribution >= 4 is 46.1 Å². The minimum atomic E-state index is -0.292. The van der Waals surface area contributed by atoms with Crippen molar-refractivity contribution in [3.8, 4) is 6.07 Å². The van der Waals surface area contributed by atoms with Crippen LogP contribution < -0.4 is 10.5 Å². The Bertz CT molecular complexity index is 966. The third kappa shape index (κ3) is 4.12. The zero-order valence-corrected chi connectivity index (χ0v) is 18.8. The quantitative estimate of drug-likeness (QED) is 0.537. The van der Waals surface area contributed by atoms with Crippen molar-refractivity contribution in [1.82, 2.24) is 9.47 Å². The van der Waals surface area contributed by atoms with Crippen molar-refractivity contribution in [2.24, 2.45) is 7.05 Å². The predicted octanol–water partition coefficient (Wildman–Crippen LogP) is 3.56. The fourth-order valence-electron chi connectivity index (χ4n) is 3.92. The highest BCUT2D eigenvalue weighted by atomic mass is 32.2. The SMILES string of the molecule is CCCN1C(=O)/C(=C\c2c(C)c(C#N)c(=O)n(C)c2N2CCCCCC2)SC1=S. The summed E-state index contributed by atoms with van der Waals surface area (Å²) < 4.78 is 2.12. The number of amides is 1. The molecule has 29 heavy (non-hydrogen) atoms. The van der Waals surface area contributed by atoms with Crippen LogP contribution in [0.25, 0.3) is 6.08 Å². The van der Waals surface area contributed by atoms with E-state index in [0.29, 0.717) is 21.3 Å². The van der Waals surface area contributed by atoms with Crippen LogP contribution in [0.1, 0.15) is 55.7 Å². The first-order valence-electron chi connectivity index (χ1n) is 10.0. The van der Waals surface area contributed by atoms with Gasteiger partial charge in [-0.2, -0.15) is 5.26 Å². The van der Waals surface area contributed by atoms with E-state index in [1.165, 1.54) is 24.6 Å². The summed E-state index contributed by atoms with van der Waals surface area (Å²) in [4.78, 5) is 30.1. The smallest absolute Gasteiger partial charge is 0.270 e. The highest BCUT2D eigenvalue weighted by molar-refractivity contribution is 8.26. The number of carbonyl (C=O) groups excluding carboxylic acids is 1. The van der Waals surface area contributed by atoms with Gasteiger partial charge < -0.3 is 4.90 Å². The Labute approximate surface area is 181 Å². The topological polar surface area (TPSA) is 69.3 Å². The summed E-state index contributed by atoms with van der Waals surface area (Å²) in [6.45, 7) is 6.11. The normalized spacial score (nSPS) is 19.0. The Hall–Kier alpha value is -2.11. The molecule has 1 aromatic heterocycles. The van der Waals surface area contributed by atoms with Crippen LogP contribution in [0.2, 0.25) is 0 Å². The number of nitrogens with zero attached hydrogens (tertiary/aromatic N) is 4. The van der Waals surface area contributed by atoms with Crippen molar-refractivity contribution in [3.63, 3.8) is 0 Å². The molecule has 0 aliphatic carbocycles. The van der Waals surface area contributed by atoms with Gasteiger partial charge in [0.25, 0.3) is 11.5 Å². The first-order chi connectivity index (χ1) is 13.9. The number of anilines is 1. The average Bonchev–Trinajstić information content (AvgIpc) is 2.88. The Morgan fingerprint density at radius 3 is 2.45 bits per heavy atom. The third-order valence-electron chi connectivity index (χ3n) is 5.47. The summed E-state index contributed by atoms with van der Waals surface area (Å²) in [5.41, 5.74) is 1.22. The molecule has 0 atom stereocenters. The first kappa shape index (κ1) is 21.6. The number of nitriles is 1. The van der Waals surface area contributed by atoms with E-state index < -0.39 is 0 Å². The van der Waals surface area contributed by atoms with Gasteiger partial charge in [0.1, 0.15) is 21.8 Å². The van der Waals surface area contributed by atoms with E-state index in [1.807, 2.05) is 13.0 Å². The van der Waals surface area contributed by atoms with E-state index in [1.54, 1.807) is 23.4 Å². The molecule has 154 valence electrons. The second-order valence-electron chi connectivity index (χ2n) is 7.45. The molecule has 6 nitrogen and oxygen atoms in total. The van der Waals surface area contributed by atoms with Gasteiger partial charge in [-0.3, -0.25) is 19.1 Å². The van der Waals surface area contributed by atoms with Gasteiger partial charge >= 0.3 is 0 Å². The number of aromatic nitrogens is 1. The molecule has 3 rings (SSSR count). The van der Waals surface area contributed by atoms with E-state index in [2.05, 4.69) is 11.0 Å². The molecule has 2 aliphatic heterocycles. The van der Waals surface area contributed by atoms with Crippen LogP contribution in [0.4, 0.5) is 5.82 Å². The van der Waals surface area contributed by atoms with Gasteiger partial charge in [-0.15, -0.1) is 0 Å². The molecule has 2 aliphatic rings. The van der Waals surface area contributed by atoms with Crippen molar-refractivity contribution in [2.75, 3.05) is 24.5 Å². The number of thioether (sulfide) groups is 1. The van der Waals surface area contributed by atoms with Crippen molar-refractivity contribution in [1.29, 1.82) is 5.26 Å². The standard InChI is InChI=1S/C21H26N4O2S2/c1-4-9-25-20(27)17(29-21(25)28)12-15-14(2)16(13-22)19(26)23(3)18(15)24-10-7-5-6-8-11-24/h12H,4-11H2,1-3H3/b17-12+. The van der Waals surface area contributed by atoms with Gasteiger partial charge in [0.05, 0.1) is 4.91 Å². The largest absolute Gasteiger partial charge is 0.357 e. The lowest BCUT2D eigenvalue weighted by atomic mass is 10.0. The average molecular weight is 431 g/mol. The van der Waals surface area contributed by atoms with E-state index in [-0.39, 0.29) is 17.0 Å². The summed E-state index contributed by atoms with van der Waals surface area (Å²) in [7, 11) is 1.71. The van der Waals surface area contributed by atoms with Crippen LogP contribution >= 0.6 is 24.0 Å². The van der Waals surface area contributed by atoms with Gasteiger partial charge in [-0.05, 0) is 37.8 Å². The van der Waals surface area contributed by atoms with Gasteiger partial charge in [-0.25, -0.2) is 0 Å². The van der Waals surface area contributed by atoms with E-state index >= 15 is 0 Å². The summed E-state index contributed by atoms with van der Waals surface area (Å²) in [6.07, 6.45) is 7.12. The second kappa shape index (κ2) is 9.14. The van der Waals surface area contributed by atoms with Crippen LogP contribution in [-0.2, 0) is 11.8 Å². The van der Waals surface area contributed by atoms with Crippen LogP contribution in [0.3, 0.4) is 0 Å². The van der Waals surface area contributed by atoms with Gasteiger partial charge in [0.15, 0.2) is 0 Å². The minimum Gasteiger partial charge on any atom is -0.357 e. The van der Waals surface area contributed by atoms with Gasteiger partial charge in [0.2, 0.25) is 0 Å². The van der Waals surface area contributed by atoms with Crippen molar-refractivity contribution in [2.45, 2.75) is 46.0 Å². The highest BCUT2D eigenvalue weighted by Crippen LogP contribution is 2.36. The molecule has 0 saturated carbocycles. The number of thiocarbonyl (C=S) groups is 1. The van der Waals surface area contributed by atoms with Gasteiger partial charge in [0, 0.05) is 32.2 Å². The molecule has 3 heterocycles. The number of hydrogen-bond acceptors (Lipinski definition) is 6. The summed E-state index contributed by atoms with van der Waals surface area (Å²) in [6, 6.07) is 2.05. The maximum Gasteiger partial charge on any atom is 0.270 e. The molecular weight excluding hydrogens is 404 g/mol. The molecule has 0 radical (unpaired) electrons. The van der Waals surface area contributed by atoms with Crippen LogP contribution in [0.5, 0.6) is 0 Å². The maximum atomic E-state index is 12.9. The second-order valence-corrected chi connectivity index (χ2v) is 9.12. The van der Waals surface area contributed by atoms with E-state index in [9.17, 15) is 14.9 Å². The summed E-state index contributed by atoms with van der Waals surface area (Å²) in [5.74, 6) is 0.685. The first-order valence-corrected chi connectivity index (χ1v) is 11.3. The molecule has 2 fully saturated rings. The molecule has 8 heteroatoms. The third-order valence-corrected chi connectivity index (χ3v) is 6.85. The lowest BCUT2D eigenvalue weighted by Crippen LogP contribution is -2.34. The molecule has 0 unspecified atom stereocenters. The maximum absolute atomic E-state index is 12.9. The fraction of sp³-hybridized carbons (Fsp3) is 0.524. The van der Waals surface area contributed by atoms with Crippen molar-refractivity contribution in [3.05, 3.63) is 31.9 Å². The number of rotatable bonds is 4. The lowest BCUT2D eigenvalue weighted by molar-refractivity contribution is -0.122. The Kier molecular flexibility index (Phi) is 6.81. The van der Waals surface area contributed by atoms with Crippen LogP contribution in [-0.4, -0.2) is 39.3 Å². The molecule has 1 aromatic rings. The molecule has 2 saturated heterocycles. The van der Waals surface area contributed by atoms with Crippen molar-refractivity contribution < 1.29 is 4.79 Å². The zero-order valence-electron chi connectivity index (χ0n) is 17.2. The number of pyridine rings is 1. The molecular formula is C21H26N4O2S2. The monoisotopic (exact) mass is 430 g/mol. The van der Waals surface area contributed by atoms with E-state index in [0.717, 1.165) is 43.7 Å². The molecule has 1 amide bonds. The Morgan fingerprint density at radius 1 is 1.21 bits per heavy atom. The highest BCUT2D eigenvalue weighted by Gasteiger charge is 2.32. The van der Waals surface area contributed by atoms with E-state index in [4.69, 9.17) is 12.2 Å². The molecule has 0 bridgehead atoms. The Balaban J connectivity index is 2.18. The van der Waals surface area contributed by atoms with Gasteiger partial charge in [-0.1, -0.05) is 43.7 Å². The predicted molar refractivity (Wildman–Crippen MR) is 122 cm³/mol. The molecule has 0 spiro atoms. The summed E-state index contributed by atoms with van der Waals surface area (Å²) in [5, 5.41) is 9.56. The summed E-state index contributed by atoms with van der Waals surface area (Å²) >= 11 is 6.68.